The molecule has 166 valence electrons. The molecule has 0 bridgehead atoms. The average molecular weight is 435 g/mol. The van der Waals surface area contributed by atoms with Gasteiger partial charge in [-0.3, -0.25) is 4.98 Å². The Hall–Kier alpha value is -2.45. The van der Waals surface area contributed by atoms with Crippen molar-refractivity contribution in [2.24, 2.45) is 0 Å². The van der Waals surface area contributed by atoms with Crippen LogP contribution in [0, 0.1) is 6.92 Å². The molecular formula is C23H25F4N3O. The molecule has 4 nitrogen and oxygen atoms in total. The summed E-state index contributed by atoms with van der Waals surface area (Å²) < 4.78 is 57.1. The number of alkyl halides is 4. The topological polar surface area (TPSA) is 41.3 Å². The van der Waals surface area contributed by atoms with E-state index < -0.39 is 30.6 Å². The zero-order chi connectivity index (χ0) is 22.4. The van der Waals surface area contributed by atoms with Crippen molar-refractivity contribution in [2.75, 3.05) is 20.1 Å². The standard InChI is InChI=1S/C23H25F4N3O/c1-15-3-6-20-19(11-15)18-7-9-29(2)10-8-21(18)30(20)14-22(31,23(25,26)27)16-4-5-17(12-24)28-13-16/h3-6,11,13,31H,7-10,12,14H2,1-2H3. The first kappa shape index (κ1) is 21.8. The summed E-state index contributed by atoms with van der Waals surface area (Å²) in [5.41, 5.74) is 0.0351. The lowest BCUT2D eigenvalue weighted by Gasteiger charge is -2.32. The number of fused-ring (bicyclic) bond motifs is 3. The first-order valence-corrected chi connectivity index (χ1v) is 10.2. The molecule has 1 aromatic carbocycles. The molecule has 3 aromatic rings. The van der Waals surface area contributed by atoms with Crippen LogP contribution in [-0.4, -0.2) is 45.9 Å². The molecule has 1 aliphatic heterocycles. The molecule has 1 N–H and O–H groups in total. The van der Waals surface area contributed by atoms with E-state index in [1.165, 1.54) is 6.07 Å². The molecule has 1 atom stereocenters. The van der Waals surface area contributed by atoms with Crippen LogP contribution in [0.5, 0.6) is 0 Å². The highest BCUT2D eigenvalue weighted by atomic mass is 19.4. The van der Waals surface area contributed by atoms with Crippen molar-refractivity contribution in [3.8, 4) is 0 Å². The van der Waals surface area contributed by atoms with Gasteiger partial charge in [0.1, 0.15) is 6.67 Å². The van der Waals surface area contributed by atoms with Crippen molar-refractivity contribution in [3.05, 3.63) is 64.6 Å². The lowest BCUT2D eigenvalue weighted by Crippen LogP contribution is -2.46. The summed E-state index contributed by atoms with van der Waals surface area (Å²) >= 11 is 0. The molecule has 1 aliphatic rings. The van der Waals surface area contributed by atoms with Crippen LogP contribution in [0.4, 0.5) is 17.6 Å². The van der Waals surface area contributed by atoms with Crippen molar-refractivity contribution in [3.63, 3.8) is 0 Å². The van der Waals surface area contributed by atoms with Gasteiger partial charge < -0.3 is 14.6 Å². The molecule has 3 heterocycles. The Balaban J connectivity index is 1.88. The van der Waals surface area contributed by atoms with Crippen LogP contribution in [0.25, 0.3) is 10.9 Å². The summed E-state index contributed by atoms with van der Waals surface area (Å²) in [5, 5.41) is 11.9. The summed E-state index contributed by atoms with van der Waals surface area (Å²) in [4.78, 5) is 5.90. The summed E-state index contributed by atoms with van der Waals surface area (Å²) in [7, 11) is 1.99. The van der Waals surface area contributed by atoms with Gasteiger partial charge in [0, 0.05) is 47.9 Å². The monoisotopic (exact) mass is 435 g/mol. The minimum atomic E-state index is -4.94. The number of nitrogens with zero attached hydrogens (tertiary/aromatic N) is 3. The molecule has 0 radical (unpaired) electrons. The quantitative estimate of drug-likeness (QED) is 0.622. The molecular weight excluding hydrogens is 410 g/mol. The van der Waals surface area contributed by atoms with Gasteiger partial charge in [0.05, 0.1) is 12.2 Å². The zero-order valence-electron chi connectivity index (χ0n) is 17.5. The fourth-order valence-electron chi connectivity index (χ4n) is 4.37. The second-order valence-electron chi connectivity index (χ2n) is 8.37. The molecule has 1 unspecified atom stereocenters. The average Bonchev–Trinajstić information content (AvgIpc) is 2.86. The van der Waals surface area contributed by atoms with Gasteiger partial charge in [0.2, 0.25) is 5.60 Å². The van der Waals surface area contributed by atoms with Crippen LogP contribution in [0.3, 0.4) is 0 Å². The Labute approximate surface area is 178 Å². The van der Waals surface area contributed by atoms with Crippen LogP contribution in [-0.2, 0) is 31.7 Å². The highest BCUT2D eigenvalue weighted by Crippen LogP contribution is 2.42. The van der Waals surface area contributed by atoms with E-state index in [0.717, 1.165) is 54.0 Å². The van der Waals surface area contributed by atoms with Crippen molar-refractivity contribution < 1.29 is 22.7 Å². The predicted octanol–water partition coefficient (Wildman–Crippen LogP) is 4.29. The molecule has 4 rings (SSSR count). The van der Waals surface area contributed by atoms with E-state index >= 15 is 0 Å². The number of benzene rings is 1. The number of aryl methyl sites for hydroxylation is 1. The number of rotatable bonds is 4. The first-order chi connectivity index (χ1) is 14.6. The van der Waals surface area contributed by atoms with Crippen molar-refractivity contribution in [1.29, 1.82) is 0 Å². The number of hydrogen-bond acceptors (Lipinski definition) is 3. The predicted molar refractivity (Wildman–Crippen MR) is 111 cm³/mol. The minimum absolute atomic E-state index is 0.0204. The van der Waals surface area contributed by atoms with Crippen LogP contribution in [0.15, 0.2) is 36.5 Å². The normalized spacial score (nSPS) is 17.4. The van der Waals surface area contributed by atoms with E-state index in [4.69, 9.17) is 0 Å². The van der Waals surface area contributed by atoms with Crippen LogP contribution >= 0.6 is 0 Å². The number of hydrogen-bond donors (Lipinski definition) is 1. The van der Waals surface area contributed by atoms with Crippen LogP contribution < -0.4 is 0 Å². The highest BCUT2D eigenvalue weighted by molar-refractivity contribution is 5.86. The zero-order valence-corrected chi connectivity index (χ0v) is 17.5. The van der Waals surface area contributed by atoms with Crippen molar-refractivity contribution in [2.45, 2.75) is 44.8 Å². The van der Waals surface area contributed by atoms with E-state index in [2.05, 4.69) is 9.88 Å². The largest absolute Gasteiger partial charge is 0.423 e. The fraction of sp³-hybridized carbons (Fsp3) is 0.435. The van der Waals surface area contributed by atoms with Gasteiger partial charge in [-0.1, -0.05) is 17.7 Å². The molecule has 8 heteroatoms. The molecule has 0 aliphatic carbocycles. The van der Waals surface area contributed by atoms with E-state index in [1.54, 1.807) is 4.57 Å². The summed E-state index contributed by atoms with van der Waals surface area (Å²) in [6, 6.07) is 7.98. The summed E-state index contributed by atoms with van der Waals surface area (Å²) in [5.74, 6) is 0. The fourth-order valence-corrected chi connectivity index (χ4v) is 4.37. The summed E-state index contributed by atoms with van der Waals surface area (Å²) in [6.45, 7) is 1.92. The van der Waals surface area contributed by atoms with Gasteiger partial charge in [-0.2, -0.15) is 13.2 Å². The third-order valence-electron chi connectivity index (χ3n) is 6.21. The molecule has 0 saturated carbocycles. The minimum Gasteiger partial charge on any atom is -0.375 e. The van der Waals surface area contributed by atoms with E-state index in [-0.39, 0.29) is 5.69 Å². The maximum Gasteiger partial charge on any atom is 0.423 e. The van der Waals surface area contributed by atoms with E-state index in [9.17, 15) is 22.7 Å². The SMILES string of the molecule is Cc1ccc2c(c1)c1c(n2CC(O)(c2ccc(CF)nc2)C(F)(F)F)CCN(C)CC1. The molecule has 0 amide bonds. The highest BCUT2D eigenvalue weighted by Gasteiger charge is 2.56. The maximum absolute atomic E-state index is 14.2. The van der Waals surface area contributed by atoms with Crippen molar-refractivity contribution in [1.82, 2.24) is 14.5 Å². The maximum atomic E-state index is 14.2. The Bertz CT molecular complexity index is 1090. The van der Waals surface area contributed by atoms with Gasteiger partial charge in [0.15, 0.2) is 0 Å². The van der Waals surface area contributed by atoms with Gasteiger partial charge in [0.25, 0.3) is 0 Å². The number of halogens is 4. The number of aliphatic hydroxyl groups is 1. The number of aromatic nitrogens is 2. The lowest BCUT2D eigenvalue weighted by molar-refractivity contribution is -0.271. The molecule has 0 saturated heterocycles. The van der Waals surface area contributed by atoms with Gasteiger partial charge >= 0.3 is 6.18 Å². The third-order valence-corrected chi connectivity index (χ3v) is 6.21. The Morgan fingerprint density at radius 1 is 1.10 bits per heavy atom. The third kappa shape index (κ3) is 3.83. The van der Waals surface area contributed by atoms with E-state index in [0.29, 0.717) is 11.9 Å². The number of likely N-dealkylation sites (N-methyl/N-ethyl adjacent to an activating group) is 1. The molecule has 0 fully saturated rings. The van der Waals surface area contributed by atoms with E-state index in [1.807, 2.05) is 32.2 Å². The summed E-state index contributed by atoms with van der Waals surface area (Å²) in [6.07, 6.45) is -2.70. The van der Waals surface area contributed by atoms with Crippen LogP contribution in [0.2, 0.25) is 0 Å². The smallest absolute Gasteiger partial charge is 0.375 e. The second kappa shape index (κ2) is 7.91. The Morgan fingerprint density at radius 2 is 1.84 bits per heavy atom. The van der Waals surface area contributed by atoms with Gasteiger partial charge in [-0.15, -0.1) is 0 Å². The first-order valence-electron chi connectivity index (χ1n) is 10.2. The van der Waals surface area contributed by atoms with Crippen LogP contribution in [0.1, 0.15) is 28.1 Å². The number of pyridine rings is 1. The second-order valence-corrected chi connectivity index (χ2v) is 8.37. The Morgan fingerprint density at radius 3 is 2.48 bits per heavy atom. The van der Waals surface area contributed by atoms with Gasteiger partial charge in [-0.25, -0.2) is 4.39 Å². The molecule has 0 spiro atoms. The molecule has 31 heavy (non-hydrogen) atoms. The Kier molecular flexibility index (Phi) is 5.55. The lowest BCUT2D eigenvalue weighted by atomic mass is 9.93. The molecule has 2 aromatic heterocycles. The van der Waals surface area contributed by atoms with Crippen molar-refractivity contribution >= 4 is 10.9 Å². The van der Waals surface area contributed by atoms with Gasteiger partial charge in [-0.05, 0) is 44.2 Å².